The van der Waals surface area contributed by atoms with E-state index in [9.17, 15) is 0 Å². The average Bonchev–Trinajstić information content (AvgIpc) is 3.71. The summed E-state index contributed by atoms with van der Waals surface area (Å²) in [5.41, 5.74) is 7.60. The number of fused-ring (bicyclic) bond motifs is 8. The van der Waals surface area contributed by atoms with Gasteiger partial charge in [0.25, 0.3) is 0 Å². The largest absolute Gasteiger partial charge is 0.454 e. The molecule has 0 amide bonds. The van der Waals surface area contributed by atoms with Crippen LogP contribution in [0.25, 0.3) is 62.6 Å². The number of anilines is 3. The van der Waals surface area contributed by atoms with Crippen LogP contribution < -0.4 is 4.90 Å². The molecule has 6 aromatic carbocycles. The highest BCUT2D eigenvalue weighted by Crippen LogP contribution is 2.43. The minimum Gasteiger partial charge on any atom is -0.454 e. The highest BCUT2D eigenvalue weighted by Gasteiger charge is 2.17. The Bertz CT molecular complexity index is 2430. The number of para-hydroxylation sites is 1. The number of benzene rings is 6. The van der Waals surface area contributed by atoms with Crippen LogP contribution in [0.2, 0.25) is 0 Å². The minimum absolute atomic E-state index is 0.930. The third-order valence-corrected chi connectivity index (χ3v) is 10.4. The Morgan fingerprint density at radius 2 is 1.12 bits per heavy atom. The van der Waals surface area contributed by atoms with Crippen LogP contribution in [-0.2, 0) is 0 Å². The first-order chi connectivity index (χ1) is 20.8. The SMILES string of the molecule is c1ccc(N(c2cccc(-c3ccc4c(c3)oc3c5ccccc5sc43)c2)c2ccc3sc4ccccc4c3c2)cc1. The standard InChI is InChI=1S/C38H23NOS2/c1-2-10-26(11-3-1)39(28-18-20-36-32(23-28)29-13-4-6-15-34(29)41-36)27-12-8-9-24(21-27)25-17-19-30-33(22-25)40-37-31-14-5-7-16-35(31)42-38(30)37/h1-23H. The second-order valence-corrected chi connectivity index (χ2v) is 12.7. The van der Waals surface area contributed by atoms with Gasteiger partial charge < -0.3 is 9.32 Å². The average molecular weight is 574 g/mol. The van der Waals surface area contributed by atoms with Gasteiger partial charge >= 0.3 is 0 Å². The third-order valence-electron chi connectivity index (χ3n) is 8.06. The molecule has 3 aromatic heterocycles. The van der Waals surface area contributed by atoms with E-state index >= 15 is 0 Å². The molecule has 9 aromatic rings. The second kappa shape index (κ2) is 9.31. The Morgan fingerprint density at radius 3 is 2.00 bits per heavy atom. The van der Waals surface area contributed by atoms with Crippen LogP contribution in [0.1, 0.15) is 0 Å². The van der Waals surface area contributed by atoms with E-state index in [4.69, 9.17) is 4.42 Å². The van der Waals surface area contributed by atoms with Crippen molar-refractivity contribution in [1.82, 2.24) is 0 Å². The molecule has 0 bridgehead atoms. The van der Waals surface area contributed by atoms with E-state index in [2.05, 4.69) is 144 Å². The number of hydrogen-bond donors (Lipinski definition) is 0. The zero-order valence-electron chi connectivity index (χ0n) is 22.5. The predicted molar refractivity (Wildman–Crippen MR) is 182 cm³/mol. The molecule has 0 N–H and O–H groups in total. The fourth-order valence-electron chi connectivity index (χ4n) is 6.09. The molecule has 0 aliphatic heterocycles. The van der Waals surface area contributed by atoms with Gasteiger partial charge in [0.1, 0.15) is 5.58 Å². The van der Waals surface area contributed by atoms with Crippen molar-refractivity contribution in [2.75, 3.05) is 4.90 Å². The maximum atomic E-state index is 6.45. The number of furan rings is 1. The second-order valence-electron chi connectivity index (χ2n) is 10.6. The Kier molecular flexibility index (Phi) is 5.27. The molecule has 0 fully saturated rings. The number of hydrogen-bond acceptors (Lipinski definition) is 4. The minimum atomic E-state index is 0.930. The van der Waals surface area contributed by atoms with E-state index in [-0.39, 0.29) is 0 Å². The van der Waals surface area contributed by atoms with Crippen molar-refractivity contribution in [2.45, 2.75) is 0 Å². The molecule has 198 valence electrons. The Balaban J connectivity index is 1.18. The van der Waals surface area contributed by atoms with Crippen LogP contribution in [0.3, 0.4) is 0 Å². The van der Waals surface area contributed by atoms with Gasteiger partial charge in [-0.1, -0.05) is 66.7 Å². The third kappa shape index (κ3) is 3.69. The van der Waals surface area contributed by atoms with Crippen LogP contribution in [0.4, 0.5) is 17.1 Å². The van der Waals surface area contributed by atoms with E-state index in [1.165, 1.54) is 40.3 Å². The van der Waals surface area contributed by atoms with Crippen molar-refractivity contribution < 1.29 is 4.42 Å². The van der Waals surface area contributed by atoms with E-state index in [0.717, 1.165) is 39.4 Å². The summed E-state index contributed by atoms with van der Waals surface area (Å²) in [7, 11) is 0. The van der Waals surface area contributed by atoms with Gasteiger partial charge in [-0.2, -0.15) is 0 Å². The molecule has 0 radical (unpaired) electrons. The lowest BCUT2D eigenvalue weighted by atomic mass is 10.0. The molecule has 2 nitrogen and oxygen atoms in total. The van der Waals surface area contributed by atoms with E-state index in [0.29, 0.717) is 0 Å². The van der Waals surface area contributed by atoms with Crippen LogP contribution >= 0.6 is 22.7 Å². The molecule has 3 heterocycles. The molecule has 0 saturated heterocycles. The van der Waals surface area contributed by atoms with Crippen molar-refractivity contribution in [2.24, 2.45) is 0 Å². The van der Waals surface area contributed by atoms with Crippen molar-refractivity contribution in [1.29, 1.82) is 0 Å². The summed E-state index contributed by atoms with van der Waals surface area (Å²) in [6, 6.07) is 50.0. The number of rotatable bonds is 4. The summed E-state index contributed by atoms with van der Waals surface area (Å²) >= 11 is 3.65. The first-order valence-corrected chi connectivity index (χ1v) is 15.6. The van der Waals surface area contributed by atoms with Gasteiger partial charge in [0.05, 0.1) is 4.70 Å². The monoisotopic (exact) mass is 573 g/mol. The van der Waals surface area contributed by atoms with Crippen LogP contribution in [0.5, 0.6) is 0 Å². The molecule has 42 heavy (non-hydrogen) atoms. The molecule has 0 aliphatic carbocycles. The van der Waals surface area contributed by atoms with Crippen LogP contribution in [0.15, 0.2) is 144 Å². The predicted octanol–water partition coefficient (Wildman–Crippen LogP) is 12.3. The van der Waals surface area contributed by atoms with Crippen molar-refractivity contribution in [3.63, 3.8) is 0 Å². The van der Waals surface area contributed by atoms with E-state index in [1.54, 1.807) is 11.3 Å². The zero-order valence-corrected chi connectivity index (χ0v) is 24.1. The summed E-state index contributed by atoms with van der Waals surface area (Å²) in [4.78, 5) is 2.35. The van der Waals surface area contributed by atoms with Gasteiger partial charge in [-0.3, -0.25) is 0 Å². The maximum Gasteiger partial charge on any atom is 0.154 e. The first kappa shape index (κ1) is 23.8. The van der Waals surface area contributed by atoms with Crippen LogP contribution in [-0.4, -0.2) is 0 Å². The lowest BCUT2D eigenvalue weighted by molar-refractivity contribution is 0.673. The molecule has 9 rings (SSSR count). The van der Waals surface area contributed by atoms with Crippen molar-refractivity contribution >= 4 is 91.2 Å². The molecule has 0 unspecified atom stereocenters. The zero-order chi connectivity index (χ0) is 27.6. The van der Waals surface area contributed by atoms with Gasteiger partial charge in [-0.15, -0.1) is 22.7 Å². The molecular formula is C38H23NOS2. The highest BCUT2D eigenvalue weighted by molar-refractivity contribution is 7.26. The fraction of sp³-hybridized carbons (Fsp3) is 0. The van der Waals surface area contributed by atoms with Gasteiger partial charge in [0, 0.05) is 52.7 Å². The molecule has 0 saturated carbocycles. The van der Waals surface area contributed by atoms with Gasteiger partial charge in [-0.25, -0.2) is 0 Å². The molecule has 0 atom stereocenters. The van der Waals surface area contributed by atoms with Gasteiger partial charge in [-0.05, 0) is 83.9 Å². The highest BCUT2D eigenvalue weighted by atomic mass is 32.1. The maximum absolute atomic E-state index is 6.45. The van der Waals surface area contributed by atoms with E-state index in [1.807, 2.05) is 11.3 Å². The molecular weight excluding hydrogens is 551 g/mol. The Morgan fingerprint density at radius 1 is 0.429 bits per heavy atom. The fourth-order valence-corrected chi connectivity index (χ4v) is 8.33. The Hall–Kier alpha value is -4.90. The van der Waals surface area contributed by atoms with Crippen molar-refractivity contribution in [3.8, 4) is 11.1 Å². The van der Waals surface area contributed by atoms with Gasteiger partial charge in [0.15, 0.2) is 5.58 Å². The summed E-state index contributed by atoms with van der Waals surface area (Å²) in [6.45, 7) is 0. The lowest BCUT2D eigenvalue weighted by Gasteiger charge is -2.26. The summed E-state index contributed by atoms with van der Waals surface area (Å²) < 4.78 is 11.6. The number of thiophene rings is 2. The molecule has 0 aliphatic rings. The number of nitrogens with zero attached hydrogens (tertiary/aromatic N) is 1. The molecule has 4 heteroatoms. The molecule has 0 spiro atoms. The quantitative estimate of drug-likeness (QED) is 0.208. The van der Waals surface area contributed by atoms with Crippen LogP contribution in [0, 0.1) is 0 Å². The lowest BCUT2D eigenvalue weighted by Crippen LogP contribution is -2.09. The van der Waals surface area contributed by atoms with Gasteiger partial charge in [0.2, 0.25) is 0 Å². The topological polar surface area (TPSA) is 16.4 Å². The summed E-state index contributed by atoms with van der Waals surface area (Å²) in [6.07, 6.45) is 0. The van der Waals surface area contributed by atoms with Crippen molar-refractivity contribution in [3.05, 3.63) is 140 Å². The smallest absolute Gasteiger partial charge is 0.154 e. The normalized spacial score (nSPS) is 11.8. The van der Waals surface area contributed by atoms with E-state index < -0.39 is 0 Å². The summed E-state index contributed by atoms with van der Waals surface area (Å²) in [5, 5.41) is 4.96. The summed E-state index contributed by atoms with van der Waals surface area (Å²) in [5.74, 6) is 0. The Labute approximate surface area is 250 Å². The first-order valence-electron chi connectivity index (χ1n) is 14.0.